The predicted molar refractivity (Wildman–Crippen MR) is 193 cm³/mol. The smallest absolute Gasteiger partial charge is 0.264 e. The molecule has 0 aromatic heterocycles. The highest BCUT2D eigenvalue weighted by Gasteiger charge is 2.36. The van der Waals surface area contributed by atoms with Gasteiger partial charge in [0.25, 0.3) is 10.0 Å². The number of nitrogens with one attached hydrogen (secondary N) is 1. The molecule has 0 bridgehead atoms. The summed E-state index contributed by atoms with van der Waals surface area (Å²) in [5.41, 5.74) is 1.52. The molecule has 1 aliphatic rings. The first-order valence-electron chi connectivity index (χ1n) is 15.6. The number of carbonyl (C=O) groups excluding carboxylic acids is 2. The van der Waals surface area contributed by atoms with E-state index in [2.05, 4.69) is 5.32 Å². The number of sulfonamides is 1. The van der Waals surface area contributed by atoms with Crippen LogP contribution in [-0.4, -0.2) is 43.8 Å². The van der Waals surface area contributed by atoms with Crippen molar-refractivity contribution in [3.63, 3.8) is 0 Å². The molecule has 1 unspecified atom stereocenters. The SMILES string of the molecule is O=C(NC1CCCCC1)C(Cc1ccccc1)N(Cc1ccc(Cl)cc1Cl)C(=O)CN(c1ccc(Cl)c(Cl)c1)S(=O)(=O)c1ccccc1. The highest BCUT2D eigenvalue weighted by molar-refractivity contribution is 7.92. The average Bonchev–Trinajstić information content (AvgIpc) is 3.08. The molecular formula is C36H35Cl4N3O4S. The molecule has 0 saturated heterocycles. The van der Waals surface area contributed by atoms with E-state index in [4.69, 9.17) is 46.4 Å². The van der Waals surface area contributed by atoms with Gasteiger partial charge >= 0.3 is 0 Å². The Bertz CT molecular complexity index is 1840. The zero-order chi connectivity index (χ0) is 34.3. The van der Waals surface area contributed by atoms with Gasteiger partial charge in [0, 0.05) is 29.1 Å². The Morgan fingerprint density at radius 3 is 2.08 bits per heavy atom. The first-order chi connectivity index (χ1) is 23.0. The minimum atomic E-state index is -4.29. The third-order valence-corrected chi connectivity index (χ3v) is 11.5. The number of anilines is 1. The van der Waals surface area contributed by atoms with Gasteiger partial charge in [-0.2, -0.15) is 0 Å². The third kappa shape index (κ3) is 9.04. The van der Waals surface area contributed by atoms with E-state index >= 15 is 0 Å². The maximum absolute atomic E-state index is 14.7. The van der Waals surface area contributed by atoms with E-state index in [-0.39, 0.29) is 45.5 Å². The van der Waals surface area contributed by atoms with Crippen molar-refractivity contribution in [3.05, 3.63) is 128 Å². The molecule has 1 atom stereocenters. The highest BCUT2D eigenvalue weighted by Crippen LogP contribution is 2.31. The van der Waals surface area contributed by atoms with Crippen LogP contribution < -0.4 is 9.62 Å². The monoisotopic (exact) mass is 745 g/mol. The lowest BCUT2D eigenvalue weighted by atomic mass is 9.94. The van der Waals surface area contributed by atoms with Gasteiger partial charge in [0.1, 0.15) is 12.6 Å². The number of hydrogen-bond donors (Lipinski definition) is 1. The number of rotatable bonds is 12. The first-order valence-corrected chi connectivity index (χ1v) is 18.6. The number of hydrogen-bond acceptors (Lipinski definition) is 4. The Labute approximate surface area is 301 Å². The van der Waals surface area contributed by atoms with E-state index < -0.39 is 28.5 Å². The Morgan fingerprint density at radius 2 is 1.44 bits per heavy atom. The van der Waals surface area contributed by atoms with Crippen LogP contribution in [0, 0.1) is 0 Å². The number of halogens is 4. The summed E-state index contributed by atoms with van der Waals surface area (Å²) < 4.78 is 29.3. The molecule has 4 aromatic rings. The summed E-state index contributed by atoms with van der Waals surface area (Å²) in [4.78, 5) is 30.3. The second-order valence-electron chi connectivity index (χ2n) is 11.7. The minimum absolute atomic E-state index is 0.0213. The molecule has 4 aromatic carbocycles. The summed E-state index contributed by atoms with van der Waals surface area (Å²) in [6.45, 7) is -0.715. The van der Waals surface area contributed by atoms with Crippen molar-refractivity contribution in [2.24, 2.45) is 0 Å². The van der Waals surface area contributed by atoms with Crippen molar-refractivity contribution in [1.29, 1.82) is 0 Å². The molecule has 12 heteroatoms. The van der Waals surface area contributed by atoms with E-state index in [0.717, 1.165) is 42.0 Å². The Kier molecular flexibility index (Phi) is 12.3. The summed E-state index contributed by atoms with van der Waals surface area (Å²) in [6.07, 6.45) is 5.01. The van der Waals surface area contributed by atoms with Crippen molar-refractivity contribution in [3.8, 4) is 0 Å². The van der Waals surface area contributed by atoms with Gasteiger partial charge in [0.2, 0.25) is 11.8 Å². The van der Waals surface area contributed by atoms with E-state index in [0.29, 0.717) is 15.6 Å². The predicted octanol–water partition coefficient (Wildman–Crippen LogP) is 8.58. The zero-order valence-corrected chi connectivity index (χ0v) is 29.8. The van der Waals surface area contributed by atoms with Crippen LogP contribution in [0.15, 0.2) is 102 Å². The van der Waals surface area contributed by atoms with Gasteiger partial charge in [-0.3, -0.25) is 13.9 Å². The van der Waals surface area contributed by atoms with Crippen molar-refractivity contribution in [2.45, 2.75) is 62.0 Å². The van der Waals surface area contributed by atoms with Crippen LogP contribution in [0.4, 0.5) is 5.69 Å². The van der Waals surface area contributed by atoms with Crippen molar-refractivity contribution in [2.75, 3.05) is 10.8 Å². The van der Waals surface area contributed by atoms with Crippen LogP contribution >= 0.6 is 46.4 Å². The van der Waals surface area contributed by atoms with Crippen LogP contribution in [0.25, 0.3) is 0 Å². The highest BCUT2D eigenvalue weighted by atomic mass is 35.5. The molecule has 1 N–H and O–H groups in total. The molecule has 48 heavy (non-hydrogen) atoms. The quantitative estimate of drug-likeness (QED) is 0.157. The van der Waals surface area contributed by atoms with Crippen molar-refractivity contribution in [1.82, 2.24) is 10.2 Å². The minimum Gasteiger partial charge on any atom is -0.352 e. The molecule has 1 saturated carbocycles. The van der Waals surface area contributed by atoms with Gasteiger partial charge in [-0.25, -0.2) is 8.42 Å². The van der Waals surface area contributed by atoms with Gasteiger partial charge in [-0.05, 0) is 66.4 Å². The Hall–Kier alpha value is -3.27. The van der Waals surface area contributed by atoms with Crippen LogP contribution in [0.3, 0.4) is 0 Å². The number of amides is 2. The van der Waals surface area contributed by atoms with Crippen LogP contribution in [-0.2, 0) is 32.6 Å². The summed E-state index contributed by atoms with van der Waals surface area (Å²) in [7, 11) is -4.29. The third-order valence-electron chi connectivity index (χ3n) is 8.38. The molecule has 0 heterocycles. The second kappa shape index (κ2) is 16.4. The fraction of sp³-hybridized carbons (Fsp3) is 0.278. The first kappa shape index (κ1) is 36.0. The second-order valence-corrected chi connectivity index (χ2v) is 15.2. The maximum atomic E-state index is 14.7. The van der Waals surface area contributed by atoms with Crippen molar-refractivity contribution >= 4 is 73.9 Å². The molecule has 252 valence electrons. The molecule has 1 fully saturated rings. The van der Waals surface area contributed by atoms with Gasteiger partial charge in [0.05, 0.1) is 20.6 Å². The summed E-state index contributed by atoms with van der Waals surface area (Å²) >= 11 is 25.3. The van der Waals surface area contributed by atoms with E-state index in [1.807, 2.05) is 30.3 Å². The molecule has 5 rings (SSSR count). The van der Waals surface area contributed by atoms with Crippen LogP contribution in [0.1, 0.15) is 43.2 Å². The molecule has 0 aliphatic heterocycles. The summed E-state index contributed by atoms with van der Waals surface area (Å²) in [5.74, 6) is -0.942. The van der Waals surface area contributed by atoms with Gasteiger partial charge in [0.15, 0.2) is 0 Å². The fourth-order valence-corrected chi connectivity index (χ4v) is 8.01. The van der Waals surface area contributed by atoms with E-state index in [1.54, 1.807) is 36.4 Å². The standard InChI is InChI=1S/C36H35Cl4N3O4S/c37-27-17-16-26(32(39)21-27)23-42(34(20-25-10-4-1-5-11-25)36(45)41-28-12-6-2-7-13-28)35(44)24-43(29-18-19-31(38)33(40)22-29)48(46,47)30-14-8-3-9-15-30/h1,3-5,8-11,14-19,21-22,28,34H,2,6-7,12-13,20,23-24H2,(H,41,45). The van der Waals surface area contributed by atoms with Crippen molar-refractivity contribution < 1.29 is 18.0 Å². The normalized spacial score (nSPS) is 14.2. The molecule has 0 spiro atoms. The summed E-state index contributed by atoms with van der Waals surface area (Å²) in [6, 6.07) is 25.4. The Morgan fingerprint density at radius 1 is 0.771 bits per heavy atom. The topological polar surface area (TPSA) is 86.8 Å². The van der Waals surface area contributed by atoms with Gasteiger partial charge < -0.3 is 10.2 Å². The average molecular weight is 748 g/mol. The lowest BCUT2D eigenvalue weighted by molar-refractivity contribution is -0.140. The molecule has 0 radical (unpaired) electrons. The number of benzene rings is 4. The van der Waals surface area contributed by atoms with E-state index in [1.165, 1.54) is 35.2 Å². The maximum Gasteiger partial charge on any atom is 0.264 e. The van der Waals surface area contributed by atoms with Gasteiger partial charge in [-0.1, -0.05) is 120 Å². The number of nitrogens with zero attached hydrogens (tertiary/aromatic N) is 2. The lowest BCUT2D eigenvalue weighted by Crippen LogP contribution is -2.55. The molecular weight excluding hydrogens is 712 g/mol. The van der Waals surface area contributed by atoms with Crippen LogP contribution in [0.5, 0.6) is 0 Å². The molecule has 1 aliphatic carbocycles. The lowest BCUT2D eigenvalue weighted by Gasteiger charge is -2.35. The van der Waals surface area contributed by atoms with Gasteiger partial charge in [-0.15, -0.1) is 0 Å². The molecule has 2 amide bonds. The van der Waals surface area contributed by atoms with E-state index in [9.17, 15) is 18.0 Å². The molecule has 7 nitrogen and oxygen atoms in total. The fourth-order valence-electron chi connectivity index (χ4n) is 5.82. The van der Waals surface area contributed by atoms with Crippen LogP contribution in [0.2, 0.25) is 20.1 Å². The Balaban J connectivity index is 1.59. The zero-order valence-electron chi connectivity index (χ0n) is 26.0. The largest absolute Gasteiger partial charge is 0.352 e. The summed E-state index contributed by atoms with van der Waals surface area (Å²) in [5, 5.41) is 4.26. The number of carbonyl (C=O) groups is 2.